The molecule has 0 spiro atoms. The lowest BCUT2D eigenvalue weighted by atomic mass is 10.0. The number of rotatable bonds is 2. The summed E-state index contributed by atoms with van der Waals surface area (Å²) in [6, 6.07) is 0. The highest BCUT2D eigenvalue weighted by atomic mass is 16.5. The van der Waals surface area contributed by atoms with Gasteiger partial charge < -0.3 is 10.1 Å². The fraction of sp³-hybridized carbons (Fsp3) is 0.750. The zero-order valence-electron chi connectivity index (χ0n) is 7.05. The van der Waals surface area contributed by atoms with Crippen LogP contribution in [-0.4, -0.2) is 25.0 Å². The average Bonchev–Trinajstić information content (AvgIpc) is 2.54. The Balaban J connectivity index is 2.55. The Hall–Kier alpha value is -1.06. The van der Waals surface area contributed by atoms with E-state index in [1.807, 2.05) is 6.29 Å². The summed E-state index contributed by atoms with van der Waals surface area (Å²) in [5.74, 6) is 0. The van der Waals surface area contributed by atoms with Crippen LogP contribution in [-0.2, 0) is 9.53 Å². The minimum Gasteiger partial charge on any atom is -0.453 e. The first-order chi connectivity index (χ1) is 5.72. The van der Waals surface area contributed by atoms with Crippen molar-refractivity contribution in [3.05, 3.63) is 0 Å². The molecule has 0 unspecified atom stereocenters. The number of methoxy groups -OCH3 is 1. The molecule has 0 aliphatic heterocycles. The van der Waals surface area contributed by atoms with Crippen molar-refractivity contribution in [2.75, 3.05) is 7.11 Å². The molecule has 1 N–H and O–H groups in total. The smallest absolute Gasteiger partial charge is 0.407 e. The Bertz CT molecular complexity index is 185. The zero-order chi connectivity index (χ0) is 9.03. The van der Waals surface area contributed by atoms with Crippen molar-refractivity contribution >= 4 is 12.4 Å². The van der Waals surface area contributed by atoms with Gasteiger partial charge in [-0.3, -0.25) is 4.79 Å². The average molecular weight is 170 g/mol. The van der Waals surface area contributed by atoms with Gasteiger partial charge in [-0.25, -0.2) is 4.79 Å². The van der Waals surface area contributed by atoms with Crippen molar-refractivity contribution < 1.29 is 14.3 Å². The summed E-state index contributed by atoms with van der Waals surface area (Å²) in [5.41, 5.74) is -0.771. The number of hydrogen-bond donors (Lipinski definition) is 1. The van der Waals surface area contributed by atoms with Crippen LogP contribution >= 0.6 is 0 Å². The molecular weight excluding hydrogens is 158 g/mol. The summed E-state index contributed by atoms with van der Waals surface area (Å²) in [6.45, 7) is 0. The normalized spacial score (nSPS) is 20.1. The lowest BCUT2D eigenvalue weighted by Gasteiger charge is -2.21. The fourth-order valence-electron chi connectivity index (χ4n) is 1.48. The molecule has 1 saturated carbocycles. The Morgan fingerprint density at radius 1 is 1.50 bits per heavy atom. The molecular formula is C8H12NO3. The molecule has 0 aromatic carbocycles. The summed E-state index contributed by atoms with van der Waals surface area (Å²) in [7, 11) is 1.28. The van der Waals surface area contributed by atoms with Gasteiger partial charge in [0.25, 0.3) is 0 Å². The van der Waals surface area contributed by atoms with Gasteiger partial charge in [-0.15, -0.1) is 0 Å². The standard InChI is InChI=1S/C8H12NO3/c1-12-7(11)9-8(6-10)4-2-3-5-8/h2-5H2,1H3,(H,9,11). The minimum atomic E-state index is -0.771. The van der Waals surface area contributed by atoms with Crippen molar-refractivity contribution in [2.45, 2.75) is 31.2 Å². The molecule has 67 valence electrons. The molecule has 1 rings (SSSR count). The van der Waals surface area contributed by atoms with E-state index >= 15 is 0 Å². The SMILES string of the molecule is COC(=O)NC1([C]=O)CCCC1. The monoisotopic (exact) mass is 170 g/mol. The van der Waals surface area contributed by atoms with Crippen molar-refractivity contribution in [3.8, 4) is 0 Å². The Morgan fingerprint density at radius 3 is 2.50 bits per heavy atom. The van der Waals surface area contributed by atoms with Crippen molar-refractivity contribution in [1.82, 2.24) is 5.32 Å². The van der Waals surface area contributed by atoms with Gasteiger partial charge in [0.15, 0.2) is 0 Å². The molecule has 1 radical (unpaired) electrons. The highest BCUT2D eigenvalue weighted by Crippen LogP contribution is 2.27. The number of nitrogens with one attached hydrogen (secondary N) is 1. The predicted octanol–water partition coefficient (Wildman–Crippen LogP) is 0.765. The van der Waals surface area contributed by atoms with Crippen LogP contribution in [0.1, 0.15) is 25.7 Å². The Morgan fingerprint density at radius 2 is 2.08 bits per heavy atom. The van der Waals surface area contributed by atoms with E-state index in [1.165, 1.54) is 7.11 Å². The number of amides is 1. The van der Waals surface area contributed by atoms with E-state index in [2.05, 4.69) is 10.1 Å². The van der Waals surface area contributed by atoms with E-state index < -0.39 is 11.6 Å². The summed E-state index contributed by atoms with van der Waals surface area (Å²) < 4.78 is 4.41. The topological polar surface area (TPSA) is 55.4 Å². The van der Waals surface area contributed by atoms with E-state index in [4.69, 9.17) is 0 Å². The number of carbonyl (C=O) groups excluding carboxylic acids is 2. The maximum atomic E-state index is 10.8. The first-order valence-corrected chi connectivity index (χ1v) is 3.98. The van der Waals surface area contributed by atoms with Gasteiger partial charge in [0.05, 0.1) is 7.11 Å². The first-order valence-electron chi connectivity index (χ1n) is 3.98. The summed E-state index contributed by atoms with van der Waals surface area (Å²) in [6.07, 6.45) is 4.58. The van der Waals surface area contributed by atoms with Gasteiger partial charge in [-0.05, 0) is 12.8 Å². The summed E-state index contributed by atoms with van der Waals surface area (Å²) in [5, 5.41) is 2.51. The van der Waals surface area contributed by atoms with Crippen molar-refractivity contribution in [2.24, 2.45) is 0 Å². The lowest BCUT2D eigenvalue weighted by molar-refractivity contribution is 0.162. The number of hydrogen-bond acceptors (Lipinski definition) is 3. The van der Waals surface area contributed by atoms with Gasteiger partial charge in [-0.1, -0.05) is 12.8 Å². The maximum absolute atomic E-state index is 10.8. The molecule has 0 saturated heterocycles. The van der Waals surface area contributed by atoms with Gasteiger partial charge in [-0.2, -0.15) is 0 Å². The largest absolute Gasteiger partial charge is 0.453 e. The van der Waals surface area contributed by atoms with Gasteiger partial charge in [0.1, 0.15) is 5.54 Å². The molecule has 0 atom stereocenters. The third kappa shape index (κ3) is 1.75. The summed E-state index contributed by atoms with van der Waals surface area (Å²) in [4.78, 5) is 21.4. The van der Waals surface area contributed by atoms with Crippen LogP contribution in [0.15, 0.2) is 0 Å². The van der Waals surface area contributed by atoms with E-state index in [0.717, 1.165) is 12.8 Å². The van der Waals surface area contributed by atoms with E-state index in [1.54, 1.807) is 0 Å². The van der Waals surface area contributed by atoms with Crippen LogP contribution in [0.25, 0.3) is 0 Å². The number of ether oxygens (including phenoxy) is 1. The van der Waals surface area contributed by atoms with Gasteiger partial charge in [0.2, 0.25) is 6.29 Å². The third-order valence-corrected chi connectivity index (χ3v) is 2.18. The van der Waals surface area contributed by atoms with Crippen molar-refractivity contribution in [3.63, 3.8) is 0 Å². The summed E-state index contributed by atoms with van der Waals surface area (Å²) >= 11 is 0. The number of alkyl carbamates (subject to hydrolysis) is 1. The molecule has 0 bridgehead atoms. The molecule has 0 aromatic rings. The zero-order valence-corrected chi connectivity index (χ0v) is 7.05. The second-order valence-electron chi connectivity index (χ2n) is 3.01. The number of carbonyl (C=O) groups is 1. The first kappa shape index (κ1) is 9.03. The minimum absolute atomic E-state index is 0.555. The highest BCUT2D eigenvalue weighted by Gasteiger charge is 2.36. The van der Waals surface area contributed by atoms with Crippen LogP contribution < -0.4 is 5.32 Å². The molecule has 4 heteroatoms. The second-order valence-corrected chi connectivity index (χ2v) is 3.01. The van der Waals surface area contributed by atoms with E-state index in [0.29, 0.717) is 12.8 Å². The second kappa shape index (κ2) is 3.56. The molecule has 1 aliphatic carbocycles. The molecule has 1 fully saturated rings. The fourth-order valence-corrected chi connectivity index (χ4v) is 1.48. The quantitative estimate of drug-likeness (QED) is 0.665. The van der Waals surface area contributed by atoms with E-state index in [-0.39, 0.29) is 0 Å². The molecule has 0 heterocycles. The Kier molecular flexibility index (Phi) is 2.68. The van der Waals surface area contributed by atoms with Crippen LogP contribution in [0.3, 0.4) is 0 Å². The third-order valence-electron chi connectivity index (χ3n) is 2.18. The predicted molar refractivity (Wildman–Crippen MR) is 42.4 cm³/mol. The van der Waals surface area contributed by atoms with Gasteiger partial charge >= 0.3 is 6.09 Å². The van der Waals surface area contributed by atoms with Crippen molar-refractivity contribution in [1.29, 1.82) is 0 Å². The highest BCUT2D eigenvalue weighted by molar-refractivity contribution is 5.76. The van der Waals surface area contributed by atoms with Crippen LogP contribution in [0.5, 0.6) is 0 Å². The van der Waals surface area contributed by atoms with Gasteiger partial charge in [0, 0.05) is 0 Å². The lowest BCUT2D eigenvalue weighted by Crippen LogP contribution is -2.47. The molecule has 4 nitrogen and oxygen atoms in total. The van der Waals surface area contributed by atoms with Crippen LogP contribution in [0, 0.1) is 0 Å². The molecule has 12 heavy (non-hydrogen) atoms. The molecule has 1 amide bonds. The molecule has 0 aromatic heterocycles. The maximum Gasteiger partial charge on any atom is 0.407 e. The molecule has 1 aliphatic rings. The van der Waals surface area contributed by atoms with Crippen LogP contribution in [0.2, 0.25) is 0 Å². The Labute approximate surface area is 71.3 Å². The van der Waals surface area contributed by atoms with Crippen LogP contribution in [0.4, 0.5) is 4.79 Å². The van der Waals surface area contributed by atoms with E-state index in [9.17, 15) is 9.59 Å².